The molecular weight excluding hydrogens is 200 g/mol. The Labute approximate surface area is 94.9 Å². The van der Waals surface area contributed by atoms with Crippen molar-refractivity contribution in [1.82, 2.24) is 0 Å². The van der Waals surface area contributed by atoms with E-state index in [0.717, 1.165) is 30.5 Å². The lowest BCUT2D eigenvalue weighted by Crippen LogP contribution is -1.87. The Morgan fingerprint density at radius 1 is 1.19 bits per heavy atom. The Balaban J connectivity index is 2.42. The molecule has 1 heterocycles. The minimum absolute atomic E-state index is 0.376. The first-order chi connectivity index (χ1) is 7.85. The molecule has 1 aromatic heterocycles. The molecule has 82 valence electrons. The highest BCUT2D eigenvalue weighted by molar-refractivity contribution is 5.73. The molecule has 0 bridgehead atoms. The van der Waals surface area contributed by atoms with Crippen molar-refractivity contribution in [2.45, 2.75) is 19.8 Å². The van der Waals surface area contributed by atoms with Crippen LogP contribution in [0.15, 0.2) is 40.8 Å². The molecule has 2 rings (SSSR count). The van der Waals surface area contributed by atoms with Gasteiger partial charge < -0.3 is 4.42 Å². The minimum atomic E-state index is 0.376. The van der Waals surface area contributed by atoms with Crippen LogP contribution in [0.3, 0.4) is 0 Å². The van der Waals surface area contributed by atoms with E-state index in [-0.39, 0.29) is 0 Å². The molecule has 0 aliphatic heterocycles. The van der Waals surface area contributed by atoms with Gasteiger partial charge >= 0.3 is 0 Å². The van der Waals surface area contributed by atoms with Crippen LogP contribution >= 0.6 is 0 Å². The van der Waals surface area contributed by atoms with Gasteiger partial charge in [-0.3, -0.25) is 4.79 Å². The lowest BCUT2D eigenvalue weighted by atomic mass is 10.0. The Kier molecular flexibility index (Phi) is 3.20. The summed E-state index contributed by atoms with van der Waals surface area (Å²) in [6.45, 7) is 2.15. The van der Waals surface area contributed by atoms with Gasteiger partial charge in [0, 0.05) is 5.56 Å². The molecule has 0 fully saturated rings. The van der Waals surface area contributed by atoms with Gasteiger partial charge in [0.1, 0.15) is 5.76 Å². The Morgan fingerprint density at radius 3 is 2.69 bits per heavy atom. The summed E-state index contributed by atoms with van der Waals surface area (Å²) in [5.74, 6) is 1.15. The van der Waals surface area contributed by atoms with Gasteiger partial charge in [-0.05, 0) is 24.1 Å². The number of aryl methyl sites for hydroxylation is 1. The molecule has 2 nitrogen and oxygen atoms in total. The number of carbonyl (C=O) groups is 1. The van der Waals surface area contributed by atoms with Crippen molar-refractivity contribution in [2.24, 2.45) is 0 Å². The van der Waals surface area contributed by atoms with Crippen LogP contribution in [0.1, 0.15) is 29.5 Å². The summed E-state index contributed by atoms with van der Waals surface area (Å²) in [4.78, 5) is 10.6. The largest absolute Gasteiger partial charge is 0.453 e. The third-order valence-corrected chi connectivity index (χ3v) is 2.55. The highest BCUT2D eigenvalue weighted by Crippen LogP contribution is 2.26. The van der Waals surface area contributed by atoms with E-state index in [9.17, 15) is 4.79 Å². The first-order valence-corrected chi connectivity index (χ1v) is 5.48. The third kappa shape index (κ3) is 2.06. The van der Waals surface area contributed by atoms with E-state index < -0.39 is 0 Å². The summed E-state index contributed by atoms with van der Waals surface area (Å²) in [5.41, 5.74) is 2.34. The first kappa shape index (κ1) is 10.7. The number of benzene rings is 1. The second-order valence-electron chi connectivity index (χ2n) is 3.73. The highest BCUT2D eigenvalue weighted by Gasteiger charge is 2.07. The maximum atomic E-state index is 10.6. The van der Waals surface area contributed by atoms with Gasteiger partial charge in [0.15, 0.2) is 12.0 Å². The number of carbonyl (C=O) groups excluding carboxylic acids is 1. The van der Waals surface area contributed by atoms with Crippen LogP contribution in [0.25, 0.3) is 11.3 Å². The maximum absolute atomic E-state index is 10.6. The van der Waals surface area contributed by atoms with Crippen LogP contribution in [0, 0.1) is 0 Å². The van der Waals surface area contributed by atoms with E-state index in [1.165, 1.54) is 5.56 Å². The van der Waals surface area contributed by atoms with Gasteiger partial charge in [-0.2, -0.15) is 0 Å². The molecule has 2 heteroatoms. The molecule has 0 saturated carbocycles. The molecule has 0 atom stereocenters. The predicted molar refractivity (Wildman–Crippen MR) is 63.5 cm³/mol. The molecule has 0 N–H and O–H groups in total. The summed E-state index contributed by atoms with van der Waals surface area (Å²) in [7, 11) is 0. The average Bonchev–Trinajstić information content (AvgIpc) is 2.79. The monoisotopic (exact) mass is 214 g/mol. The summed E-state index contributed by atoms with van der Waals surface area (Å²) in [6.07, 6.45) is 2.84. The van der Waals surface area contributed by atoms with Crippen LogP contribution < -0.4 is 0 Å². The lowest BCUT2D eigenvalue weighted by Gasteiger charge is -2.05. The zero-order valence-corrected chi connectivity index (χ0v) is 9.27. The van der Waals surface area contributed by atoms with Crippen LogP contribution in [-0.4, -0.2) is 6.29 Å². The van der Waals surface area contributed by atoms with Gasteiger partial charge in [-0.25, -0.2) is 0 Å². The quantitative estimate of drug-likeness (QED) is 0.726. The molecule has 1 aromatic carbocycles. The van der Waals surface area contributed by atoms with Crippen molar-refractivity contribution >= 4 is 6.29 Å². The summed E-state index contributed by atoms with van der Waals surface area (Å²) in [6, 6.07) is 11.7. The van der Waals surface area contributed by atoms with Crippen LogP contribution in [0.5, 0.6) is 0 Å². The number of hydrogen-bond acceptors (Lipinski definition) is 2. The van der Waals surface area contributed by atoms with Gasteiger partial charge in [0.2, 0.25) is 0 Å². The van der Waals surface area contributed by atoms with E-state index in [1.807, 2.05) is 24.3 Å². The molecule has 0 amide bonds. The minimum Gasteiger partial charge on any atom is -0.453 e. The SMILES string of the molecule is CCCc1ccccc1-c1ccc(C=O)o1. The molecule has 16 heavy (non-hydrogen) atoms. The second-order valence-corrected chi connectivity index (χ2v) is 3.73. The normalized spacial score (nSPS) is 10.3. The van der Waals surface area contributed by atoms with Crippen molar-refractivity contribution in [2.75, 3.05) is 0 Å². The average molecular weight is 214 g/mol. The number of rotatable bonds is 4. The molecule has 0 saturated heterocycles. The molecule has 0 unspecified atom stereocenters. The van der Waals surface area contributed by atoms with Crippen molar-refractivity contribution < 1.29 is 9.21 Å². The van der Waals surface area contributed by atoms with E-state index >= 15 is 0 Å². The molecule has 0 spiro atoms. The van der Waals surface area contributed by atoms with Gasteiger partial charge in [0.25, 0.3) is 0 Å². The van der Waals surface area contributed by atoms with E-state index in [2.05, 4.69) is 13.0 Å². The van der Waals surface area contributed by atoms with Gasteiger partial charge in [0.05, 0.1) is 0 Å². The summed E-state index contributed by atoms with van der Waals surface area (Å²) >= 11 is 0. The molecule has 2 aromatic rings. The van der Waals surface area contributed by atoms with Crippen molar-refractivity contribution in [3.8, 4) is 11.3 Å². The predicted octanol–water partition coefficient (Wildman–Crippen LogP) is 3.71. The molecule has 0 aliphatic rings. The number of furan rings is 1. The van der Waals surface area contributed by atoms with Gasteiger partial charge in [-0.15, -0.1) is 0 Å². The topological polar surface area (TPSA) is 30.2 Å². The Morgan fingerprint density at radius 2 is 2.00 bits per heavy atom. The fourth-order valence-electron chi connectivity index (χ4n) is 1.81. The second kappa shape index (κ2) is 4.79. The van der Waals surface area contributed by atoms with Crippen molar-refractivity contribution in [1.29, 1.82) is 0 Å². The molecule has 0 aliphatic carbocycles. The zero-order chi connectivity index (χ0) is 11.4. The first-order valence-electron chi connectivity index (χ1n) is 5.48. The molecular formula is C14H14O2. The van der Waals surface area contributed by atoms with E-state index in [4.69, 9.17) is 4.42 Å². The number of aldehydes is 1. The zero-order valence-electron chi connectivity index (χ0n) is 9.27. The van der Waals surface area contributed by atoms with Crippen molar-refractivity contribution in [3.63, 3.8) is 0 Å². The summed E-state index contributed by atoms with van der Waals surface area (Å²) in [5, 5.41) is 0. The van der Waals surface area contributed by atoms with Crippen LogP contribution in [0.4, 0.5) is 0 Å². The third-order valence-electron chi connectivity index (χ3n) is 2.55. The smallest absolute Gasteiger partial charge is 0.185 e. The summed E-state index contributed by atoms with van der Waals surface area (Å²) < 4.78 is 5.44. The number of hydrogen-bond donors (Lipinski definition) is 0. The Hall–Kier alpha value is -1.83. The lowest BCUT2D eigenvalue weighted by molar-refractivity contribution is 0.110. The standard InChI is InChI=1S/C14H14O2/c1-2-5-11-6-3-4-7-13(11)14-9-8-12(10-15)16-14/h3-4,6-10H,2,5H2,1H3. The van der Waals surface area contributed by atoms with Crippen molar-refractivity contribution in [3.05, 3.63) is 47.7 Å². The van der Waals surface area contributed by atoms with Crippen LogP contribution in [0.2, 0.25) is 0 Å². The van der Waals surface area contributed by atoms with E-state index in [1.54, 1.807) is 6.07 Å². The maximum Gasteiger partial charge on any atom is 0.185 e. The van der Waals surface area contributed by atoms with Crippen LogP contribution in [-0.2, 0) is 6.42 Å². The fraction of sp³-hybridized carbons (Fsp3) is 0.214. The Bertz CT molecular complexity index is 483. The van der Waals surface area contributed by atoms with Gasteiger partial charge in [-0.1, -0.05) is 37.6 Å². The van der Waals surface area contributed by atoms with E-state index in [0.29, 0.717) is 5.76 Å². The fourth-order valence-corrected chi connectivity index (χ4v) is 1.81. The molecule has 0 radical (unpaired) electrons. The highest BCUT2D eigenvalue weighted by atomic mass is 16.3.